The van der Waals surface area contributed by atoms with Crippen molar-refractivity contribution in [1.82, 2.24) is 9.47 Å². The highest BCUT2D eigenvalue weighted by Gasteiger charge is 2.32. The second kappa shape index (κ2) is 5.39. The topological polar surface area (TPSA) is 34.5 Å². The third-order valence-electron chi connectivity index (χ3n) is 3.98. The van der Waals surface area contributed by atoms with Crippen LogP contribution in [0.1, 0.15) is 10.4 Å². The van der Waals surface area contributed by atoms with Crippen molar-refractivity contribution in [2.45, 2.75) is 5.03 Å². The number of hydrogen-bond donors (Lipinski definition) is 0. The van der Waals surface area contributed by atoms with E-state index in [4.69, 9.17) is 4.74 Å². The molecule has 0 aliphatic carbocycles. The van der Waals surface area contributed by atoms with Crippen molar-refractivity contribution in [3.63, 3.8) is 0 Å². The molecule has 112 valence electrons. The Morgan fingerprint density at radius 3 is 2.86 bits per heavy atom. The summed E-state index contributed by atoms with van der Waals surface area (Å²) in [4.78, 5) is 14.9. The van der Waals surface area contributed by atoms with E-state index in [1.807, 2.05) is 39.3 Å². The molecule has 0 saturated carbocycles. The minimum atomic E-state index is 0.0743. The largest absolute Gasteiger partial charge is 0.497 e. The number of Topliss-reactive ketones (excluding diaryl/α,β-unsaturated/α-hetero) is 1. The summed E-state index contributed by atoms with van der Waals surface area (Å²) in [5, 5.41) is 2.12. The molecule has 0 amide bonds. The molecule has 1 atom stereocenters. The van der Waals surface area contributed by atoms with E-state index < -0.39 is 0 Å². The minimum Gasteiger partial charge on any atom is -0.497 e. The van der Waals surface area contributed by atoms with Gasteiger partial charge in [0, 0.05) is 36.7 Å². The molecule has 0 N–H and O–H groups in total. The molecule has 1 aliphatic rings. The molecule has 3 rings (SSSR count). The summed E-state index contributed by atoms with van der Waals surface area (Å²) < 4.78 is 7.41. The fourth-order valence-electron chi connectivity index (χ4n) is 2.96. The number of methoxy groups -OCH3 is 1. The Hall–Kier alpha value is -1.46. The molecule has 0 spiro atoms. The van der Waals surface area contributed by atoms with Crippen LogP contribution in [0.2, 0.25) is 0 Å². The summed E-state index contributed by atoms with van der Waals surface area (Å²) in [6.45, 7) is 0.803. The molecule has 0 radical (unpaired) electrons. The van der Waals surface area contributed by atoms with Gasteiger partial charge in [0.1, 0.15) is 5.75 Å². The van der Waals surface area contributed by atoms with E-state index in [-0.39, 0.29) is 11.7 Å². The van der Waals surface area contributed by atoms with Crippen LogP contribution in [0.3, 0.4) is 0 Å². The van der Waals surface area contributed by atoms with Gasteiger partial charge in [0.25, 0.3) is 0 Å². The third kappa shape index (κ3) is 2.34. The van der Waals surface area contributed by atoms with Crippen LogP contribution in [0.5, 0.6) is 5.75 Å². The van der Waals surface area contributed by atoms with E-state index in [1.165, 1.54) is 0 Å². The van der Waals surface area contributed by atoms with Crippen molar-refractivity contribution in [3.05, 3.63) is 23.8 Å². The molecule has 0 saturated heterocycles. The molecule has 1 aromatic heterocycles. The van der Waals surface area contributed by atoms with Gasteiger partial charge in [-0.2, -0.15) is 0 Å². The summed E-state index contributed by atoms with van der Waals surface area (Å²) in [7, 11) is 7.72. The molecular weight excluding hydrogens is 284 g/mol. The number of thioether (sulfide) groups is 1. The SMILES string of the molecule is COc1ccc2c3c(n(C)c2c1)SCC(CN(C)C)C3=O. The normalized spacial score (nSPS) is 18.3. The predicted molar refractivity (Wildman–Crippen MR) is 86.6 cm³/mol. The van der Waals surface area contributed by atoms with E-state index in [0.29, 0.717) is 0 Å². The zero-order valence-corrected chi connectivity index (χ0v) is 13.7. The first-order valence-corrected chi connectivity index (χ1v) is 7.99. The number of rotatable bonds is 3. The highest BCUT2D eigenvalue weighted by Crippen LogP contribution is 2.40. The number of nitrogens with zero attached hydrogens (tertiary/aromatic N) is 2. The first kappa shape index (κ1) is 14.5. The third-order valence-corrected chi connectivity index (χ3v) is 5.30. The van der Waals surface area contributed by atoms with Crippen molar-refractivity contribution < 1.29 is 9.53 Å². The quantitative estimate of drug-likeness (QED) is 0.873. The molecule has 2 heterocycles. The molecule has 1 aliphatic heterocycles. The molecule has 0 fully saturated rings. The lowest BCUT2D eigenvalue weighted by atomic mass is 9.97. The fraction of sp³-hybridized carbons (Fsp3) is 0.438. The number of aromatic nitrogens is 1. The van der Waals surface area contributed by atoms with Crippen LogP contribution >= 0.6 is 11.8 Å². The second-order valence-corrected chi connectivity index (χ2v) is 6.77. The number of aryl methyl sites for hydroxylation is 1. The average Bonchev–Trinajstić information content (AvgIpc) is 2.75. The second-order valence-electron chi connectivity index (χ2n) is 5.76. The smallest absolute Gasteiger partial charge is 0.171 e. The van der Waals surface area contributed by atoms with Crippen molar-refractivity contribution in [2.75, 3.05) is 33.5 Å². The van der Waals surface area contributed by atoms with Gasteiger partial charge in [-0.05, 0) is 26.2 Å². The summed E-state index contributed by atoms with van der Waals surface area (Å²) >= 11 is 1.78. The summed E-state index contributed by atoms with van der Waals surface area (Å²) in [5.41, 5.74) is 1.95. The van der Waals surface area contributed by atoms with Crippen LogP contribution in [0.15, 0.2) is 23.2 Å². The zero-order valence-electron chi connectivity index (χ0n) is 12.8. The standard InChI is InChI=1S/C16H20N2O2S/c1-17(2)8-10-9-21-16-14(15(10)19)12-6-5-11(20-4)7-13(12)18(16)3/h5-7,10H,8-9H2,1-4H3. The van der Waals surface area contributed by atoms with Crippen LogP contribution in [-0.2, 0) is 7.05 Å². The molecule has 1 aromatic carbocycles. The van der Waals surface area contributed by atoms with Crippen LogP contribution in [-0.4, -0.2) is 48.8 Å². The molecule has 0 bridgehead atoms. The maximum Gasteiger partial charge on any atom is 0.171 e. The first-order valence-electron chi connectivity index (χ1n) is 7.01. The lowest BCUT2D eigenvalue weighted by molar-refractivity contribution is 0.0908. The Morgan fingerprint density at radius 1 is 1.43 bits per heavy atom. The molecule has 1 unspecified atom stereocenters. The molecule has 21 heavy (non-hydrogen) atoms. The van der Waals surface area contributed by atoms with Crippen LogP contribution < -0.4 is 4.74 Å². The monoisotopic (exact) mass is 304 g/mol. The fourth-order valence-corrected chi connectivity index (χ4v) is 4.23. The number of carbonyl (C=O) groups is 1. The van der Waals surface area contributed by atoms with E-state index in [1.54, 1.807) is 18.9 Å². The number of hydrogen-bond acceptors (Lipinski definition) is 4. The Labute approximate surface area is 129 Å². The van der Waals surface area contributed by atoms with Gasteiger partial charge >= 0.3 is 0 Å². The summed E-state index contributed by atoms with van der Waals surface area (Å²) in [5.74, 6) is 2.02. The van der Waals surface area contributed by atoms with Gasteiger partial charge in [0.05, 0.1) is 23.2 Å². The van der Waals surface area contributed by atoms with Gasteiger partial charge in [0.2, 0.25) is 0 Å². The zero-order chi connectivity index (χ0) is 15.1. The summed E-state index contributed by atoms with van der Waals surface area (Å²) in [6, 6.07) is 5.93. The van der Waals surface area contributed by atoms with Crippen molar-refractivity contribution >= 4 is 28.4 Å². The molecule has 5 heteroatoms. The molecule has 4 nitrogen and oxygen atoms in total. The van der Waals surface area contributed by atoms with E-state index in [0.717, 1.165) is 39.5 Å². The first-order chi connectivity index (χ1) is 10.0. The van der Waals surface area contributed by atoms with Gasteiger partial charge < -0.3 is 14.2 Å². The van der Waals surface area contributed by atoms with E-state index >= 15 is 0 Å². The van der Waals surface area contributed by atoms with E-state index in [2.05, 4.69) is 9.47 Å². The summed E-state index contributed by atoms with van der Waals surface area (Å²) in [6.07, 6.45) is 0. The average molecular weight is 304 g/mol. The number of ether oxygens (including phenoxy) is 1. The maximum absolute atomic E-state index is 12.8. The Balaban J connectivity index is 2.12. The lowest BCUT2D eigenvalue weighted by Gasteiger charge is -2.24. The number of ketones is 1. The van der Waals surface area contributed by atoms with Gasteiger partial charge in [0.15, 0.2) is 5.78 Å². The minimum absolute atomic E-state index is 0.0743. The van der Waals surface area contributed by atoms with Gasteiger partial charge in [-0.25, -0.2) is 0 Å². The van der Waals surface area contributed by atoms with Crippen molar-refractivity contribution in [3.8, 4) is 5.75 Å². The predicted octanol–water partition coefficient (Wildman–Crippen LogP) is 2.65. The highest BCUT2D eigenvalue weighted by atomic mass is 32.2. The van der Waals surface area contributed by atoms with Crippen molar-refractivity contribution in [1.29, 1.82) is 0 Å². The van der Waals surface area contributed by atoms with Gasteiger partial charge in [-0.15, -0.1) is 11.8 Å². The van der Waals surface area contributed by atoms with Gasteiger partial charge in [-0.1, -0.05) is 0 Å². The number of benzene rings is 1. The highest BCUT2D eigenvalue weighted by molar-refractivity contribution is 7.99. The Bertz CT molecular complexity index is 706. The van der Waals surface area contributed by atoms with E-state index in [9.17, 15) is 4.79 Å². The molecular formula is C16H20N2O2S. The lowest BCUT2D eigenvalue weighted by Crippen LogP contribution is -2.32. The Morgan fingerprint density at radius 2 is 2.19 bits per heavy atom. The van der Waals surface area contributed by atoms with Crippen LogP contribution in [0.4, 0.5) is 0 Å². The maximum atomic E-state index is 12.8. The van der Waals surface area contributed by atoms with Gasteiger partial charge in [-0.3, -0.25) is 4.79 Å². The number of carbonyl (C=O) groups excluding carboxylic acids is 1. The van der Waals surface area contributed by atoms with Crippen LogP contribution in [0, 0.1) is 5.92 Å². The van der Waals surface area contributed by atoms with Crippen molar-refractivity contribution in [2.24, 2.45) is 13.0 Å². The Kier molecular flexibility index (Phi) is 3.71. The van der Waals surface area contributed by atoms with Crippen LogP contribution in [0.25, 0.3) is 10.9 Å². The number of fused-ring (bicyclic) bond motifs is 3. The molecule has 2 aromatic rings.